The Bertz CT molecular complexity index is 625. The molecule has 2 rings (SSSR count). The third kappa shape index (κ3) is 5.69. The normalized spacial score (nSPS) is 22.9. The van der Waals surface area contributed by atoms with Gasteiger partial charge < -0.3 is 19.7 Å². The summed E-state index contributed by atoms with van der Waals surface area (Å²) in [4.78, 5) is 17.5. The minimum absolute atomic E-state index is 0.0375. The van der Waals surface area contributed by atoms with Crippen LogP contribution in [0.15, 0.2) is 24.3 Å². The minimum Gasteiger partial charge on any atom is -0.496 e. The van der Waals surface area contributed by atoms with Crippen molar-refractivity contribution in [3.63, 3.8) is 0 Å². The highest BCUT2D eigenvalue weighted by Crippen LogP contribution is 2.27. The second-order valence-corrected chi connectivity index (χ2v) is 8.37. The second-order valence-electron chi connectivity index (χ2n) is 8.37. The molecule has 0 aliphatic carbocycles. The van der Waals surface area contributed by atoms with Gasteiger partial charge in [0.25, 0.3) is 0 Å². The predicted octanol–water partition coefficient (Wildman–Crippen LogP) is 2.55. The molecule has 4 unspecified atom stereocenters. The summed E-state index contributed by atoms with van der Waals surface area (Å²) in [5.41, 5.74) is 1.07. The van der Waals surface area contributed by atoms with E-state index in [1.807, 2.05) is 32.3 Å². The molecule has 6 heteroatoms. The highest BCUT2D eigenvalue weighted by atomic mass is 16.5. The summed E-state index contributed by atoms with van der Waals surface area (Å²) in [5, 5.41) is 3.20. The number of nitrogens with zero attached hydrogens (tertiary/aromatic N) is 2. The Balaban J connectivity index is 2.11. The third-order valence-electron chi connectivity index (χ3n) is 5.33. The van der Waals surface area contributed by atoms with Gasteiger partial charge in [0, 0.05) is 25.2 Å². The van der Waals surface area contributed by atoms with Gasteiger partial charge in [-0.3, -0.25) is 9.69 Å². The lowest BCUT2D eigenvalue weighted by molar-refractivity contribution is -0.135. The zero-order valence-corrected chi connectivity index (χ0v) is 18.4. The lowest BCUT2D eigenvalue weighted by Gasteiger charge is -2.41. The Hall–Kier alpha value is -1.63. The number of likely N-dealkylation sites (N-methyl/N-ethyl adjacent to an activating group) is 1. The largest absolute Gasteiger partial charge is 0.496 e. The van der Waals surface area contributed by atoms with E-state index < -0.39 is 0 Å². The van der Waals surface area contributed by atoms with Crippen molar-refractivity contribution in [2.24, 2.45) is 5.92 Å². The van der Waals surface area contributed by atoms with E-state index in [0.717, 1.165) is 24.4 Å². The summed E-state index contributed by atoms with van der Waals surface area (Å²) < 4.78 is 11.4. The third-order valence-corrected chi connectivity index (χ3v) is 5.33. The molecule has 1 aromatic rings. The Labute approximate surface area is 170 Å². The quantitative estimate of drug-likeness (QED) is 0.738. The van der Waals surface area contributed by atoms with E-state index in [9.17, 15) is 4.79 Å². The van der Waals surface area contributed by atoms with Crippen molar-refractivity contribution in [1.29, 1.82) is 0 Å². The van der Waals surface area contributed by atoms with Crippen LogP contribution in [-0.4, -0.2) is 74.8 Å². The number of hydrogen-bond acceptors (Lipinski definition) is 5. The molecule has 6 nitrogen and oxygen atoms in total. The fourth-order valence-corrected chi connectivity index (χ4v) is 4.15. The van der Waals surface area contributed by atoms with E-state index in [2.05, 4.69) is 48.9 Å². The number of methoxy groups -OCH3 is 1. The summed E-state index contributed by atoms with van der Waals surface area (Å²) in [7, 11) is 5.72. The number of benzene rings is 1. The van der Waals surface area contributed by atoms with Crippen LogP contribution in [0.5, 0.6) is 5.75 Å². The van der Waals surface area contributed by atoms with Gasteiger partial charge in [0.2, 0.25) is 5.91 Å². The van der Waals surface area contributed by atoms with Gasteiger partial charge in [0.1, 0.15) is 5.75 Å². The van der Waals surface area contributed by atoms with Gasteiger partial charge in [0.05, 0.1) is 31.4 Å². The molecule has 1 saturated heterocycles. The average Bonchev–Trinajstić information content (AvgIpc) is 2.61. The van der Waals surface area contributed by atoms with Crippen molar-refractivity contribution in [1.82, 2.24) is 15.1 Å². The number of nitrogens with one attached hydrogen (secondary N) is 1. The van der Waals surface area contributed by atoms with Crippen molar-refractivity contribution in [3.8, 4) is 5.75 Å². The number of hydrogen-bond donors (Lipinski definition) is 1. The molecule has 4 atom stereocenters. The molecule has 0 aromatic heterocycles. The predicted molar refractivity (Wildman–Crippen MR) is 113 cm³/mol. The van der Waals surface area contributed by atoms with Crippen LogP contribution in [0.2, 0.25) is 0 Å². The first-order chi connectivity index (χ1) is 13.2. The molecule has 1 aromatic carbocycles. The van der Waals surface area contributed by atoms with Crippen molar-refractivity contribution >= 4 is 5.91 Å². The molecule has 1 amide bonds. The second kappa shape index (κ2) is 10.2. The molecule has 0 bridgehead atoms. The SMILES string of the molecule is COc1ccccc1C(CNC(=O)C(C(C)C)N1CC(C)OC(C)C1)N(C)C. The topological polar surface area (TPSA) is 54.0 Å². The maximum absolute atomic E-state index is 13.2. The van der Waals surface area contributed by atoms with Gasteiger partial charge in [-0.25, -0.2) is 0 Å². The molecular formula is C22H37N3O3. The van der Waals surface area contributed by atoms with Gasteiger partial charge in [-0.05, 0) is 39.9 Å². The highest BCUT2D eigenvalue weighted by molar-refractivity contribution is 5.82. The first-order valence-corrected chi connectivity index (χ1v) is 10.2. The first kappa shape index (κ1) is 22.7. The molecule has 0 spiro atoms. The van der Waals surface area contributed by atoms with Crippen molar-refractivity contribution in [3.05, 3.63) is 29.8 Å². The molecule has 1 heterocycles. The fourth-order valence-electron chi connectivity index (χ4n) is 4.15. The Kier molecular flexibility index (Phi) is 8.28. The van der Waals surface area contributed by atoms with Gasteiger partial charge in [0.15, 0.2) is 0 Å². The number of ether oxygens (including phenoxy) is 2. The summed E-state index contributed by atoms with van der Waals surface area (Å²) >= 11 is 0. The molecule has 0 radical (unpaired) electrons. The molecule has 158 valence electrons. The van der Waals surface area contributed by atoms with E-state index in [-0.39, 0.29) is 36.1 Å². The lowest BCUT2D eigenvalue weighted by Crippen LogP contribution is -2.57. The van der Waals surface area contributed by atoms with E-state index in [4.69, 9.17) is 9.47 Å². The number of rotatable bonds is 8. The molecule has 28 heavy (non-hydrogen) atoms. The van der Waals surface area contributed by atoms with Crippen LogP contribution in [0.3, 0.4) is 0 Å². The zero-order chi connectivity index (χ0) is 20.8. The summed E-state index contributed by atoms with van der Waals surface area (Å²) in [6.07, 6.45) is 0.279. The standard InChI is InChI=1S/C22H37N3O3/c1-15(2)21(25-13-16(3)28-17(4)14-25)22(26)23-12-19(24(5)6)18-10-8-9-11-20(18)27-7/h8-11,15-17,19,21H,12-14H2,1-7H3,(H,23,26). The summed E-state index contributed by atoms with van der Waals surface area (Å²) in [6.45, 7) is 10.5. The fraction of sp³-hybridized carbons (Fsp3) is 0.682. The van der Waals surface area contributed by atoms with Gasteiger partial charge >= 0.3 is 0 Å². The average molecular weight is 392 g/mol. The smallest absolute Gasteiger partial charge is 0.237 e. The van der Waals surface area contributed by atoms with Crippen molar-refractivity contribution in [2.75, 3.05) is 40.8 Å². The molecule has 1 aliphatic heterocycles. The van der Waals surface area contributed by atoms with E-state index >= 15 is 0 Å². The van der Waals surface area contributed by atoms with Crippen LogP contribution >= 0.6 is 0 Å². The van der Waals surface area contributed by atoms with Crippen LogP contribution in [0.25, 0.3) is 0 Å². The zero-order valence-electron chi connectivity index (χ0n) is 18.4. The van der Waals surface area contributed by atoms with Gasteiger partial charge in [-0.2, -0.15) is 0 Å². The Morgan fingerprint density at radius 3 is 2.39 bits per heavy atom. The molecule has 0 saturated carbocycles. The Morgan fingerprint density at radius 2 is 1.86 bits per heavy atom. The number of carbonyl (C=O) groups is 1. The van der Waals surface area contributed by atoms with E-state index in [1.165, 1.54) is 0 Å². The number of carbonyl (C=O) groups excluding carboxylic acids is 1. The maximum Gasteiger partial charge on any atom is 0.237 e. The van der Waals surface area contributed by atoms with Crippen LogP contribution in [0.4, 0.5) is 0 Å². The van der Waals surface area contributed by atoms with Crippen molar-refractivity contribution in [2.45, 2.75) is 52.0 Å². The van der Waals surface area contributed by atoms with Gasteiger partial charge in [-0.1, -0.05) is 32.0 Å². The summed E-state index contributed by atoms with van der Waals surface area (Å²) in [5.74, 6) is 1.14. The van der Waals surface area contributed by atoms with Crippen LogP contribution in [-0.2, 0) is 9.53 Å². The Morgan fingerprint density at radius 1 is 1.25 bits per heavy atom. The molecule has 1 N–H and O–H groups in total. The van der Waals surface area contributed by atoms with Crippen LogP contribution in [0.1, 0.15) is 39.3 Å². The summed E-state index contributed by atoms with van der Waals surface area (Å²) in [6, 6.07) is 7.86. The van der Waals surface area contributed by atoms with Crippen LogP contribution in [0, 0.1) is 5.92 Å². The molecule has 1 aliphatic rings. The van der Waals surface area contributed by atoms with E-state index in [1.54, 1.807) is 7.11 Å². The number of amides is 1. The minimum atomic E-state index is -0.158. The monoisotopic (exact) mass is 391 g/mol. The number of para-hydroxylation sites is 1. The molecule has 1 fully saturated rings. The van der Waals surface area contributed by atoms with Gasteiger partial charge in [-0.15, -0.1) is 0 Å². The van der Waals surface area contributed by atoms with Crippen LogP contribution < -0.4 is 10.1 Å². The van der Waals surface area contributed by atoms with E-state index in [0.29, 0.717) is 6.54 Å². The molecular weight excluding hydrogens is 354 g/mol. The van der Waals surface area contributed by atoms with Crippen molar-refractivity contribution < 1.29 is 14.3 Å². The maximum atomic E-state index is 13.2. The highest BCUT2D eigenvalue weighted by Gasteiger charge is 2.34. The first-order valence-electron chi connectivity index (χ1n) is 10.2. The lowest BCUT2D eigenvalue weighted by atomic mass is 9.99. The number of morpholine rings is 1.